The molecule has 0 saturated carbocycles. The van der Waals surface area contributed by atoms with Crippen molar-refractivity contribution in [3.05, 3.63) is 11.6 Å². The van der Waals surface area contributed by atoms with Crippen molar-refractivity contribution < 1.29 is 0 Å². The van der Waals surface area contributed by atoms with Gasteiger partial charge >= 0.3 is 0 Å². The van der Waals surface area contributed by atoms with Gasteiger partial charge in [-0.25, -0.2) is 0 Å². The van der Waals surface area contributed by atoms with Crippen molar-refractivity contribution in [1.82, 2.24) is 20.1 Å². The van der Waals surface area contributed by atoms with E-state index in [2.05, 4.69) is 27.0 Å². The van der Waals surface area contributed by atoms with Gasteiger partial charge < -0.3 is 9.88 Å². The average Bonchev–Trinajstić information content (AvgIpc) is 2.48. The summed E-state index contributed by atoms with van der Waals surface area (Å²) in [5.41, 5.74) is 0. The monoisotopic (exact) mass is 166 g/mol. The minimum absolute atomic E-state index is 0.403. The summed E-state index contributed by atoms with van der Waals surface area (Å²) in [6, 6.07) is 0.403. The molecule has 1 atom stereocenters. The van der Waals surface area contributed by atoms with Gasteiger partial charge in [-0.05, 0) is 13.3 Å². The van der Waals surface area contributed by atoms with Crippen molar-refractivity contribution in [2.45, 2.75) is 32.9 Å². The zero-order valence-electron chi connectivity index (χ0n) is 7.54. The molecule has 0 bridgehead atoms. The number of hydrogen-bond acceptors (Lipinski definition) is 3. The van der Waals surface area contributed by atoms with Crippen molar-refractivity contribution in [3.8, 4) is 0 Å². The highest BCUT2D eigenvalue weighted by atomic mass is 15.3. The first kappa shape index (κ1) is 7.73. The van der Waals surface area contributed by atoms with Crippen LogP contribution >= 0.6 is 0 Å². The average molecular weight is 166 g/mol. The Morgan fingerprint density at radius 1 is 1.58 bits per heavy atom. The number of fused-ring (bicyclic) bond motifs is 1. The number of aromatic nitrogens is 3. The molecule has 1 unspecified atom stereocenters. The number of rotatable bonds is 1. The van der Waals surface area contributed by atoms with Crippen molar-refractivity contribution in [2.24, 2.45) is 0 Å². The van der Waals surface area contributed by atoms with Crippen molar-refractivity contribution in [3.63, 3.8) is 0 Å². The topological polar surface area (TPSA) is 42.7 Å². The number of nitrogens with one attached hydrogen (secondary N) is 1. The molecule has 12 heavy (non-hydrogen) atoms. The lowest BCUT2D eigenvalue weighted by Crippen LogP contribution is -2.33. The highest BCUT2D eigenvalue weighted by Crippen LogP contribution is 2.18. The second-order valence-electron chi connectivity index (χ2n) is 3.17. The molecule has 0 fully saturated rings. The van der Waals surface area contributed by atoms with E-state index in [0.717, 1.165) is 31.2 Å². The molecule has 0 amide bonds. The molecule has 1 aromatic rings. The van der Waals surface area contributed by atoms with Crippen LogP contribution in [0.4, 0.5) is 0 Å². The van der Waals surface area contributed by atoms with Crippen LogP contribution in [0.25, 0.3) is 0 Å². The Labute approximate surface area is 72.0 Å². The van der Waals surface area contributed by atoms with E-state index in [1.807, 2.05) is 6.92 Å². The molecule has 1 N–H and O–H groups in total. The van der Waals surface area contributed by atoms with Crippen LogP contribution in [0.5, 0.6) is 0 Å². The Bertz CT molecular complexity index is 279. The molecular formula is C8H14N4. The summed E-state index contributed by atoms with van der Waals surface area (Å²) < 4.78 is 2.20. The second kappa shape index (κ2) is 2.86. The number of hydrogen-bond donors (Lipinski definition) is 1. The first-order valence-corrected chi connectivity index (χ1v) is 4.46. The molecule has 0 aromatic carbocycles. The summed E-state index contributed by atoms with van der Waals surface area (Å²) in [6.45, 7) is 6.21. The summed E-state index contributed by atoms with van der Waals surface area (Å²) in [4.78, 5) is 0. The van der Waals surface area contributed by atoms with E-state index in [4.69, 9.17) is 0 Å². The van der Waals surface area contributed by atoms with Crippen LogP contribution in [0, 0.1) is 6.92 Å². The summed E-state index contributed by atoms with van der Waals surface area (Å²) >= 11 is 0. The summed E-state index contributed by atoms with van der Waals surface area (Å²) in [5, 5.41) is 11.6. The van der Waals surface area contributed by atoms with Gasteiger partial charge in [-0.3, -0.25) is 0 Å². The minimum atomic E-state index is 0.403. The Hall–Kier alpha value is -0.900. The molecule has 2 rings (SSSR count). The van der Waals surface area contributed by atoms with Crippen LogP contribution in [0.2, 0.25) is 0 Å². The zero-order chi connectivity index (χ0) is 8.55. The predicted octanol–water partition coefficient (Wildman–Crippen LogP) is 0.641. The Kier molecular flexibility index (Phi) is 1.84. The van der Waals surface area contributed by atoms with E-state index in [1.54, 1.807) is 0 Å². The van der Waals surface area contributed by atoms with Crippen molar-refractivity contribution in [2.75, 3.05) is 6.54 Å². The van der Waals surface area contributed by atoms with Gasteiger partial charge in [0.2, 0.25) is 0 Å². The van der Waals surface area contributed by atoms with E-state index in [9.17, 15) is 0 Å². The van der Waals surface area contributed by atoms with E-state index in [1.165, 1.54) is 0 Å². The fourth-order valence-corrected chi connectivity index (χ4v) is 1.70. The largest absolute Gasteiger partial charge is 0.313 e. The molecule has 0 spiro atoms. The lowest BCUT2D eigenvalue weighted by molar-refractivity contribution is 0.402. The molecule has 66 valence electrons. The number of nitrogens with zero attached hydrogens (tertiary/aromatic N) is 3. The molecule has 4 heteroatoms. The normalized spacial score (nSPS) is 22.3. The summed E-state index contributed by atoms with van der Waals surface area (Å²) in [6.07, 6.45) is 1.08. The molecule has 1 aliphatic heterocycles. The summed E-state index contributed by atoms with van der Waals surface area (Å²) in [7, 11) is 0. The second-order valence-corrected chi connectivity index (χ2v) is 3.17. The van der Waals surface area contributed by atoms with Crippen LogP contribution in [-0.4, -0.2) is 21.3 Å². The maximum Gasteiger partial charge on any atom is 0.150 e. The Morgan fingerprint density at radius 3 is 3.17 bits per heavy atom. The standard InChI is InChI=1S/C8H14N4/c1-3-7-8-11-10-6(2)12(8)5-4-9-7/h7,9H,3-5H2,1-2H3. The lowest BCUT2D eigenvalue weighted by Gasteiger charge is -2.23. The van der Waals surface area contributed by atoms with E-state index < -0.39 is 0 Å². The lowest BCUT2D eigenvalue weighted by atomic mass is 10.2. The minimum Gasteiger partial charge on any atom is -0.313 e. The Balaban J connectivity index is 2.38. The molecule has 0 radical (unpaired) electrons. The molecule has 0 aliphatic carbocycles. The first-order chi connectivity index (χ1) is 5.83. The fraction of sp³-hybridized carbons (Fsp3) is 0.750. The van der Waals surface area contributed by atoms with Crippen molar-refractivity contribution in [1.29, 1.82) is 0 Å². The van der Waals surface area contributed by atoms with Gasteiger partial charge in [-0.1, -0.05) is 6.92 Å². The van der Waals surface area contributed by atoms with Crippen molar-refractivity contribution >= 4 is 0 Å². The quantitative estimate of drug-likeness (QED) is 0.665. The molecule has 2 heterocycles. The molecule has 0 saturated heterocycles. The van der Waals surface area contributed by atoms with Crippen LogP contribution in [0.15, 0.2) is 0 Å². The third kappa shape index (κ3) is 1.03. The van der Waals surface area contributed by atoms with Gasteiger partial charge in [0.15, 0.2) is 0 Å². The van der Waals surface area contributed by atoms with Gasteiger partial charge in [-0.2, -0.15) is 0 Å². The van der Waals surface area contributed by atoms with Gasteiger partial charge in [0.05, 0.1) is 6.04 Å². The maximum atomic E-state index is 4.16. The molecule has 1 aliphatic rings. The van der Waals surface area contributed by atoms with Gasteiger partial charge in [-0.15, -0.1) is 10.2 Å². The SMILES string of the molecule is CCC1NCCn2c(C)nnc21. The smallest absolute Gasteiger partial charge is 0.150 e. The molecular weight excluding hydrogens is 152 g/mol. The summed E-state index contributed by atoms with van der Waals surface area (Å²) in [5.74, 6) is 2.13. The number of aryl methyl sites for hydroxylation is 1. The first-order valence-electron chi connectivity index (χ1n) is 4.46. The third-order valence-electron chi connectivity index (χ3n) is 2.41. The highest BCUT2D eigenvalue weighted by Gasteiger charge is 2.21. The van der Waals surface area contributed by atoms with Gasteiger partial charge in [0.25, 0.3) is 0 Å². The van der Waals surface area contributed by atoms with Crippen LogP contribution in [-0.2, 0) is 6.54 Å². The van der Waals surface area contributed by atoms with E-state index in [0.29, 0.717) is 6.04 Å². The van der Waals surface area contributed by atoms with E-state index in [-0.39, 0.29) is 0 Å². The van der Waals surface area contributed by atoms with Gasteiger partial charge in [0.1, 0.15) is 11.6 Å². The maximum absolute atomic E-state index is 4.16. The predicted molar refractivity (Wildman–Crippen MR) is 45.8 cm³/mol. The van der Waals surface area contributed by atoms with Crippen LogP contribution < -0.4 is 5.32 Å². The van der Waals surface area contributed by atoms with Crippen LogP contribution in [0.1, 0.15) is 31.0 Å². The zero-order valence-corrected chi connectivity index (χ0v) is 7.54. The Morgan fingerprint density at radius 2 is 2.42 bits per heavy atom. The molecule has 4 nitrogen and oxygen atoms in total. The van der Waals surface area contributed by atoms with Gasteiger partial charge in [0, 0.05) is 13.1 Å². The third-order valence-corrected chi connectivity index (χ3v) is 2.41. The van der Waals surface area contributed by atoms with Crippen LogP contribution in [0.3, 0.4) is 0 Å². The van der Waals surface area contributed by atoms with E-state index >= 15 is 0 Å². The highest BCUT2D eigenvalue weighted by molar-refractivity contribution is 5.02. The molecule has 1 aromatic heterocycles. The fourth-order valence-electron chi connectivity index (χ4n) is 1.70.